The Kier molecular flexibility index (Phi) is 3.12. The van der Waals surface area contributed by atoms with Gasteiger partial charge >= 0.3 is 12.0 Å². The Balaban J connectivity index is 1.47. The van der Waals surface area contributed by atoms with Crippen molar-refractivity contribution in [2.75, 3.05) is 26.2 Å². The molecule has 4 rings (SSSR count). The lowest BCUT2D eigenvalue weighted by molar-refractivity contribution is -0.153. The second-order valence-electron chi connectivity index (χ2n) is 6.41. The molecule has 8 heteroatoms. The molecule has 21 heavy (non-hydrogen) atoms. The van der Waals surface area contributed by atoms with Gasteiger partial charge in [-0.1, -0.05) is 0 Å². The van der Waals surface area contributed by atoms with Crippen molar-refractivity contribution in [3.63, 3.8) is 0 Å². The molecule has 2 N–H and O–H groups in total. The molecule has 118 valence electrons. The molecule has 0 aromatic heterocycles. The zero-order chi connectivity index (χ0) is 15.3. The SMILES string of the molecule is O=C(NCC12CC(C(=O)O)(CO1)C2)N1CCC(F)(F)CC1. The molecule has 3 saturated heterocycles. The zero-order valence-corrected chi connectivity index (χ0v) is 11.5. The number of carbonyl (C=O) groups is 2. The van der Waals surface area contributed by atoms with E-state index in [9.17, 15) is 18.4 Å². The first kappa shape index (κ1) is 14.5. The number of ether oxygens (including phenoxy) is 1. The van der Waals surface area contributed by atoms with Crippen molar-refractivity contribution >= 4 is 12.0 Å². The molecule has 0 aromatic carbocycles. The van der Waals surface area contributed by atoms with Crippen LogP contribution >= 0.6 is 0 Å². The van der Waals surface area contributed by atoms with Crippen molar-refractivity contribution in [3.8, 4) is 0 Å². The molecule has 0 atom stereocenters. The molecule has 2 amide bonds. The zero-order valence-electron chi connectivity index (χ0n) is 11.5. The lowest BCUT2D eigenvalue weighted by Gasteiger charge is -2.42. The van der Waals surface area contributed by atoms with E-state index in [1.807, 2.05) is 0 Å². The third-order valence-corrected chi connectivity index (χ3v) is 4.77. The fraction of sp³-hybridized carbons (Fsp3) is 0.846. The second kappa shape index (κ2) is 4.53. The van der Waals surface area contributed by atoms with Crippen LogP contribution < -0.4 is 5.32 Å². The Morgan fingerprint density at radius 1 is 1.24 bits per heavy atom. The molecular weight excluding hydrogens is 286 g/mol. The minimum absolute atomic E-state index is 0.0335. The normalized spacial score (nSPS) is 37.0. The quantitative estimate of drug-likeness (QED) is 0.817. The molecule has 0 unspecified atom stereocenters. The number of nitrogens with zero attached hydrogens (tertiary/aromatic N) is 1. The first-order chi connectivity index (χ1) is 9.76. The van der Waals surface area contributed by atoms with Crippen LogP contribution in [0.5, 0.6) is 0 Å². The predicted molar refractivity (Wildman–Crippen MR) is 67.1 cm³/mol. The Morgan fingerprint density at radius 3 is 2.38 bits per heavy atom. The Bertz CT molecular complexity index is 467. The number of rotatable bonds is 3. The summed E-state index contributed by atoms with van der Waals surface area (Å²) >= 11 is 0. The van der Waals surface area contributed by atoms with E-state index in [4.69, 9.17) is 9.84 Å². The maximum Gasteiger partial charge on any atom is 0.317 e. The summed E-state index contributed by atoms with van der Waals surface area (Å²) in [5.41, 5.74) is -1.38. The average molecular weight is 304 g/mol. The van der Waals surface area contributed by atoms with E-state index in [2.05, 4.69) is 5.32 Å². The van der Waals surface area contributed by atoms with Gasteiger partial charge in [-0.2, -0.15) is 0 Å². The average Bonchev–Trinajstić information content (AvgIpc) is 2.92. The molecular formula is C13H18F2N2O4. The number of amides is 2. The Hall–Kier alpha value is -1.44. The molecule has 1 aliphatic carbocycles. The number of halogens is 2. The van der Waals surface area contributed by atoms with E-state index in [1.165, 1.54) is 4.90 Å². The van der Waals surface area contributed by atoms with E-state index in [1.54, 1.807) is 0 Å². The number of alkyl halides is 2. The van der Waals surface area contributed by atoms with Gasteiger partial charge in [-0.3, -0.25) is 4.79 Å². The van der Waals surface area contributed by atoms with Gasteiger partial charge in [-0.05, 0) is 12.8 Å². The van der Waals surface area contributed by atoms with Crippen LogP contribution in [0.1, 0.15) is 25.7 Å². The molecule has 3 heterocycles. The molecule has 4 aliphatic rings. The summed E-state index contributed by atoms with van der Waals surface area (Å²) in [7, 11) is 0. The van der Waals surface area contributed by atoms with Gasteiger partial charge in [0, 0.05) is 32.5 Å². The van der Waals surface area contributed by atoms with Crippen LogP contribution in [0, 0.1) is 5.41 Å². The highest BCUT2D eigenvalue weighted by atomic mass is 19.3. The highest BCUT2D eigenvalue weighted by Crippen LogP contribution is 2.57. The van der Waals surface area contributed by atoms with Crippen molar-refractivity contribution in [3.05, 3.63) is 0 Å². The number of fused-ring (bicyclic) bond motifs is 1. The Labute approximate surface area is 120 Å². The van der Waals surface area contributed by atoms with Crippen LogP contribution in [-0.4, -0.2) is 59.8 Å². The van der Waals surface area contributed by atoms with E-state index >= 15 is 0 Å². The number of urea groups is 1. The number of nitrogens with one attached hydrogen (secondary N) is 1. The van der Waals surface area contributed by atoms with Gasteiger partial charge in [0.05, 0.1) is 17.6 Å². The highest BCUT2D eigenvalue weighted by molar-refractivity contribution is 5.78. The molecule has 0 radical (unpaired) electrons. The van der Waals surface area contributed by atoms with Crippen molar-refractivity contribution in [1.29, 1.82) is 0 Å². The summed E-state index contributed by atoms with van der Waals surface area (Å²) in [6.45, 7) is 0.472. The van der Waals surface area contributed by atoms with Crippen molar-refractivity contribution in [1.82, 2.24) is 10.2 Å². The van der Waals surface area contributed by atoms with Crippen LogP contribution in [-0.2, 0) is 9.53 Å². The molecule has 1 saturated carbocycles. The van der Waals surface area contributed by atoms with E-state index < -0.39 is 22.9 Å². The number of hydrogen-bond donors (Lipinski definition) is 2. The van der Waals surface area contributed by atoms with Crippen molar-refractivity contribution < 1.29 is 28.2 Å². The van der Waals surface area contributed by atoms with Crippen LogP contribution in [0.15, 0.2) is 0 Å². The van der Waals surface area contributed by atoms with Crippen LogP contribution in [0.25, 0.3) is 0 Å². The standard InChI is InChI=1S/C13H18F2N2O4/c14-13(15)1-3-17(4-2-13)10(20)16-7-12-5-11(6-12,8-21-12)9(18)19/h1-8H2,(H,16,20)(H,18,19). The Morgan fingerprint density at radius 2 is 1.86 bits per heavy atom. The van der Waals surface area contributed by atoms with Gasteiger partial charge in [0.2, 0.25) is 0 Å². The summed E-state index contributed by atoms with van der Waals surface area (Å²) in [5.74, 6) is -3.54. The summed E-state index contributed by atoms with van der Waals surface area (Å²) in [6, 6.07) is -0.386. The molecule has 0 aromatic rings. The van der Waals surface area contributed by atoms with Gasteiger partial charge in [0.1, 0.15) is 0 Å². The summed E-state index contributed by atoms with van der Waals surface area (Å²) in [5, 5.41) is 11.8. The molecule has 6 nitrogen and oxygen atoms in total. The molecule has 2 bridgehead atoms. The maximum absolute atomic E-state index is 13.0. The first-order valence-electron chi connectivity index (χ1n) is 7.04. The lowest BCUT2D eigenvalue weighted by Crippen LogP contribution is -2.56. The largest absolute Gasteiger partial charge is 0.481 e. The summed E-state index contributed by atoms with van der Waals surface area (Å²) in [4.78, 5) is 24.4. The fourth-order valence-electron chi connectivity index (χ4n) is 3.45. The first-order valence-corrected chi connectivity index (χ1v) is 7.04. The van der Waals surface area contributed by atoms with Gasteiger partial charge in [-0.15, -0.1) is 0 Å². The van der Waals surface area contributed by atoms with Crippen molar-refractivity contribution in [2.45, 2.75) is 37.2 Å². The number of piperidine rings is 1. The minimum atomic E-state index is -2.68. The van der Waals surface area contributed by atoms with Gasteiger partial charge in [0.25, 0.3) is 5.92 Å². The van der Waals surface area contributed by atoms with E-state index in [-0.39, 0.29) is 45.1 Å². The number of carbonyl (C=O) groups excluding carboxylic acids is 1. The van der Waals surface area contributed by atoms with Crippen molar-refractivity contribution in [2.24, 2.45) is 5.41 Å². The summed E-state index contributed by atoms with van der Waals surface area (Å²) < 4.78 is 31.6. The van der Waals surface area contributed by atoms with E-state index in [0.717, 1.165) is 0 Å². The number of likely N-dealkylation sites (tertiary alicyclic amines) is 1. The molecule has 3 aliphatic heterocycles. The molecule has 0 spiro atoms. The smallest absolute Gasteiger partial charge is 0.317 e. The monoisotopic (exact) mass is 304 g/mol. The van der Waals surface area contributed by atoms with Crippen LogP contribution in [0.4, 0.5) is 13.6 Å². The predicted octanol–water partition coefficient (Wildman–Crippen LogP) is 1.06. The van der Waals surface area contributed by atoms with Gasteiger partial charge < -0.3 is 20.1 Å². The molecule has 4 fully saturated rings. The topological polar surface area (TPSA) is 78.9 Å². The second-order valence-corrected chi connectivity index (χ2v) is 6.41. The number of hydrogen-bond acceptors (Lipinski definition) is 3. The van der Waals surface area contributed by atoms with Gasteiger partial charge in [-0.25, -0.2) is 13.6 Å². The minimum Gasteiger partial charge on any atom is -0.481 e. The lowest BCUT2D eigenvalue weighted by atomic mass is 9.62. The highest BCUT2D eigenvalue weighted by Gasteiger charge is 2.66. The van der Waals surface area contributed by atoms with E-state index in [0.29, 0.717) is 12.8 Å². The maximum atomic E-state index is 13.0. The fourth-order valence-corrected chi connectivity index (χ4v) is 3.45. The number of aliphatic carboxylic acids is 1. The van der Waals surface area contributed by atoms with Crippen LogP contribution in [0.2, 0.25) is 0 Å². The third kappa shape index (κ3) is 2.45. The summed E-state index contributed by atoms with van der Waals surface area (Å²) in [6.07, 6.45) is 0.162. The number of carboxylic acid groups (broad SMARTS) is 1. The van der Waals surface area contributed by atoms with Crippen LogP contribution in [0.3, 0.4) is 0 Å². The number of carboxylic acids is 1. The van der Waals surface area contributed by atoms with Gasteiger partial charge in [0.15, 0.2) is 0 Å². The third-order valence-electron chi connectivity index (χ3n) is 4.77.